The van der Waals surface area contributed by atoms with Crippen molar-refractivity contribution in [3.63, 3.8) is 0 Å². The van der Waals surface area contributed by atoms with Gasteiger partial charge in [-0.3, -0.25) is 4.79 Å². The maximum absolute atomic E-state index is 11.1. The minimum Gasteiger partial charge on any atom is -0.365 e. The normalized spacial score (nSPS) is 9.80. The second-order valence-corrected chi connectivity index (χ2v) is 2.30. The number of aryl methyl sites for hydroxylation is 1. The first-order valence-electron chi connectivity index (χ1n) is 3.43. The van der Waals surface area contributed by atoms with Gasteiger partial charge in [-0.2, -0.15) is 0 Å². The Balaban J connectivity index is 3.31. The van der Waals surface area contributed by atoms with Gasteiger partial charge in [0.2, 0.25) is 0 Å². The summed E-state index contributed by atoms with van der Waals surface area (Å²) in [6.07, 6.45) is 2.48. The predicted molar refractivity (Wildman–Crippen MR) is 41.2 cm³/mol. The summed E-state index contributed by atoms with van der Waals surface area (Å²) >= 11 is 0. The van der Waals surface area contributed by atoms with Gasteiger partial charge in [0.05, 0.1) is 0 Å². The highest BCUT2D eigenvalue weighted by Crippen LogP contribution is 1.96. The van der Waals surface area contributed by atoms with E-state index in [9.17, 15) is 4.79 Å². The Morgan fingerprint density at radius 3 is 2.70 bits per heavy atom. The summed E-state index contributed by atoms with van der Waals surface area (Å²) < 4.78 is 0. The Morgan fingerprint density at radius 2 is 2.30 bits per heavy atom. The smallest absolute Gasteiger partial charge is 0.184 e. The number of aromatic nitrogens is 1. The van der Waals surface area contributed by atoms with Gasteiger partial charge in [-0.05, 0) is 13.3 Å². The van der Waals surface area contributed by atoms with Crippen molar-refractivity contribution < 1.29 is 0 Å². The lowest BCUT2D eigenvalue weighted by Gasteiger charge is -1.98. The van der Waals surface area contributed by atoms with E-state index in [1.165, 1.54) is 0 Å². The summed E-state index contributed by atoms with van der Waals surface area (Å²) in [5.74, 6) is 0. The molecule has 0 aliphatic heterocycles. The minimum atomic E-state index is 0.138. The molecule has 0 spiro atoms. The van der Waals surface area contributed by atoms with Crippen molar-refractivity contribution in [2.75, 3.05) is 0 Å². The first-order valence-corrected chi connectivity index (χ1v) is 3.43. The summed E-state index contributed by atoms with van der Waals surface area (Å²) in [6, 6.07) is 1.56. The number of pyridine rings is 1. The van der Waals surface area contributed by atoms with Crippen LogP contribution in [0, 0.1) is 6.92 Å². The summed E-state index contributed by atoms with van der Waals surface area (Å²) in [5, 5.41) is 0. The van der Waals surface area contributed by atoms with Gasteiger partial charge in [0.25, 0.3) is 0 Å². The summed E-state index contributed by atoms with van der Waals surface area (Å²) in [6.45, 7) is 3.90. The van der Waals surface area contributed by atoms with Crippen molar-refractivity contribution in [1.29, 1.82) is 0 Å². The standard InChI is InChI=1S/C8H11NO/c1-3-7-6(2)9-5-4-8(7)10/h4-5H,3H2,1-2H3,(H,9,10). The van der Waals surface area contributed by atoms with Crippen molar-refractivity contribution in [3.8, 4) is 0 Å². The summed E-state index contributed by atoms with van der Waals surface area (Å²) in [4.78, 5) is 14.0. The Bertz CT molecular complexity index is 275. The van der Waals surface area contributed by atoms with E-state index in [0.29, 0.717) is 0 Å². The molecule has 0 aliphatic carbocycles. The van der Waals surface area contributed by atoms with Crippen molar-refractivity contribution in [2.45, 2.75) is 20.3 Å². The highest BCUT2D eigenvalue weighted by molar-refractivity contribution is 5.17. The van der Waals surface area contributed by atoms with Crippen LogP contribution in [0.2, 0.25) is 0 Å². The van der Waals surface area contributed by atoms with Crippen LogP contribution in [0.25, 0.3) is 0 Å². The van der Waals surface area contributed by atoms with E-state index >= 15 is 0 Å². The second kappa shape index (κ2) is 2.69. The van der Waals surface area contributed by atoms with Crippen LogP contribution in [0.3, 0.4) is 0 Å². The molecule has 0 fully saturated rings. The Morgan fingerprint density at radius 1 is 1.60 bits per heavy atom. The summed E-state index contributed by atoms with van der Waals surface area (Å²) in [5.41, 5.74) is 2.01. The van der Waals surface area contributed by atoms with Crippen LogP contribution in [-0.4, -0.2) is 4.98 Å². The van der Waals surface area contributed by atoms with E-state index in [1.54, 1.807) is 12.3 Å². The maximum atomic E-state index is 11.1. The Hall–Kier alpha value is -1.05. The van der Waals surface area contributed by atoms with Crippen LogP contribution in [0.1, 0.15) is 18.2 Å². The third kappa shape index (κ3) is 1.10. The van der Waals surface area contributed by atoms with E-state index in [4.69, 9.17) is 0 Å². The molecule has 1 aromatic rings. The first-order chi connectivity index (χ1) is 4.75. The van der Waals surface area contributed by atoms with Crippen LogP contribution in [0.4, 0.5) is 0 Å². The molecule has 0 unspecified atom stereocenters. The lowest BCUT2D eigenvalue weighted by Crippen LogP contribution is -2.09. The van der Waals surface area contributed by atoms with Gasteiger partial charge in [-0.1, -0.05) is 6.92 Å². The highest BCUT2D eigenvalue weighted by Gasteiger charge is 1.97. The molecule has 0 amide bonds. The molecule has 0 saturated heterocycles. The zero-order chi connectivity index (χ0) is 7.56. The fourth-order valence-corrected chi connectivity index (χ4v) is 1.05. The Kier molecular flexibility index (Phi) is 1.90. The number of nitrogens with one attached hydrogen (secondary N) is 1. The average molecular weight is 137 g/mol. The monoisotopic (exact) mass is 137 g/mol. The first kappa shape index (κ1) is 7.06. The molecule has 54 valence electrons. The van der Waals surface area contributed by atoms with E-state index in [1.807, 2.05) is 13.8 Å². The minimum absolute atomic E-state index is 0.138. The molecule has 0 bridgehead atoms. The lowest BCUT2D eigenvalue weighted by atomic mass is 10.1. The molecule has 0 aliphatic rings. The number of aromatic amines is 1. The third-order valence-electron chi connectivity index (χ3n) is 1.64. The van der Waals surface area contributed by atoms with E-state index in [2.05, 4.69) is 4.98 Å². The molecule has 1 rings (SSSR count). The van der Waals surface area contributed by atoms with Crippen LogP contribution < -0.4 is 5.43 Å². The molecule has 1 heterocycles. The maximum Gasteiger partial charge on any atom is 0.184 e. The quantitative estimate of drug-likeness (QED) is 0.620. The van der Waals surface area contributed by atoms with Gasteiger partial charge in [0.1, 0.15) is 0 Å². The van der Waals surface area contributed by atoms with Crippen LogP contribution in [-0.2, 0) is 6.42 Å². The molecule has 10 heavy (non-hydrogen) atoms. The summed E-state index contributed by atoms with van der Waals surface area (Å²) in [7, 11) is 0. The molecule has 0 saturated carbocycles. The molecule has 2 heteroatoms. The van der Waals surface area contributed by atoms with E-state index in [-0.39, 0.29) is 5.43 Å². The fourth-order valence-electron chi connectivity index (χ4n) is 1.05. The zero-order valence-electron chi connectivity index (χ0n) is 6.27. The number of hydrogen-bond acceptors (Lipinski definition) is 1. The van der Waals surface area contributed by atoms with Gasteiger partial charge in [-0.15, -0.1) is 0 Å². The molecule has 2 nitrogen and oxygen atoms in total. The topological polar surface area (TPSA) is 32.9 Å². The second-order valence-electron chi connectivity index (χ2n) is 2.30. The largest absolute Gasteiger partial charge is 0.365 e. The lowest BCUT2D eigenvalue weighted by molar-refractivity contribution is 1.03. The SMILES string of the molecule is CCc1c(C)[nH]ccc1=O. The Labute approximate surface area is 59.9 Å². The molecular weight excluding hydrogens is 126 g/mol. The van der Waals surface area contributed by atoms with Gasteiger partial charge >= 0.3 is 0 Å². The van der Waals surface area contributed by atoms with Crippen LogP contribution in [0.5, 0.6) is 0 Å². The van der Waals surface area contributed by atoms with Crippen molar-refractivity contribution >= 4 is 0 Å². The van der Waals surface area contributed by atoms with Crippen LogP contribution >= 0.6 is 0 Å². The molecule has 1 aromatic heterocycles. The van der Waals surface area contributed by atoms with Gasteiger partial charge in [0, 0.05) is 23.5 Å². The van der Waals surface area contributed by atoms with Crippen molar-refractivity contribution in [1.82, 2.24) is 4.98 Å². The van der Waals surface area contributed by atoms with Gasteiger partial charge in [-0.25, -0.2) is 0 Å². The fraction of sp³-hybridized carbons (Fsp3) is 0.375. The number of hydrogen-bond donors (Lipinski definition) is 1. The molecule has 0 radical (unpaired) electrons. The van der Waals surface area contributed by atoms with E-state index in [0.717, 1.165) is 17.7 Å². The molecule has 0 atom stereocenters. The van der Waals surface area contributed by atoms with Crippen molar-refractivity contribution in [2.24, 2.45) is 0 Å². The van der Waals surface area contributed by atoms with E-state index < -0.39 is 0 Å². The molecule has 0 aromatic carbocycles. The average Bonchev–Trinajstić information content (AvgIpc) is 1.88. The van der Waals surface area contributed by atoms with Crippen LogP contribution in [0.15, 0.2) is 17.1 Å². The van der Waals surface area contributed by atoms with Crippen molar-refractivity contribution in [3.05, 3.63) is 33.7 Å². The third-order valence-corrected chi connectivity index (χ3v) is 1.64. The molecule has 1 N–H and O–H groups in total. The van der Waals surface area contributed by atoms with Gasteiger partial charge in [0.15, 0.2) is 5.43 Å². The molecular formula is C8H11NO. The number of rotatable bonds is 1. The highest BCUT2D eigenvalue weighted by atomic mass is 16.1. The van der Waals surface area contributed by atoms with Gasteiger partial charge < -0.3 is 4.98 Å². The zero-order valence-corrected chi connectivity index (χ0v) is 6.27. The number of H-pyrrole nitrogens is 1. The predicted octanol–water partition coefficient (Wildman–Crippen LogP) is 1.25.